The number of rotatable bonds is 19. The van der Waals surface area contributed by atoms with Crippen molar-refractivity contribution in [1.82, 2.24) is 34.1 Å². The number of aromatic nitrogens is 1. The minimum absolute atomic E-state index is 0. The molecule has 2 bridgehead atoms. The number of alkyl halides is 3. The van der Waals surface area contributed by atoms with Crippen LogP contribution in [-0.4, -0.2) is 201 Å². The summed E-state index contributed by atoms with van der Waals surface area (Å²) in [6.45, 7) is 24.9. The summed E-state index contributed by atoms with van der Waals surface area (Å²) in [6, 6.07) is 73.0. The number of carbonyl (C=O) groups excluding carboxylic acids is 1. The number of piperidine rings is 5. The van der Waals surface area contributed by atoms with E-state index in [2.05, 4.69) is 248 Å². The Hall–Kier alpha value is -7.86. The van der Waals surface area contributed by atoms with E-state index in [0.717, 1.165) is 165 Å². The first kappa shape index (κ1) is 96.7. The number of hydrogen-bond donors (Lipinski definition) is 1. The van der Waals surface area contributed by atoms with E-state index in [9.17, 15) is 26.4 Å². The molecule has 11 heterocycles. The molecular weight excluding hydrogens is 1780 g/mol. The Bertz CT molecular complexity index is 5890. The quantitative estimate of drug-likeness (QED) is 0.0469. The van der Waals surface area contributed by atoms with E-state index in [0.29, 0.717) is 24.2 Å². The fraction of sp³-hybridized carbons (Fsp3) is 0.404. The van der Waals surface area contributed by atoms with Gasteiger partial charge in [0.1, 0.15) is 14.1 Å². The maximum absolute atomic E-state index is 13.3. The zero-order chi connectivity index (χ0) is 90.0. The van der Waals surface area contributed by atoms with Crippen LogP contribution in [0.2, 0.25) is 0 Å². The summed E-state index contributed by atoms with van der Waals surface area (Å²) in [4.78, 5) is 50.9. The highest BCUT2D eigenvalue weighted by Crippen LogP contribution is 2.54. The molecule has 688 valence electrons. The van der Waals surface area contributed by atoms with Gasteiger partial charge in [0, 0.05) is 155 Å². The zero-order valence-electron chi connectivity index (χ0n) is 76.2. The average Bonchev–Trinajstić information content (AvgIpc) is 0.774. The molecule has 4 atom stereocenters. The molecule has 1 amide bonds. The minimum Gasteiger partial charge on any atom is -1.00 e. The van der Waals surface area contributed by atoms with Crippen LogP contribution in [-0.2, 0) is 31.3 Å². The van der Waals surface area contributed by atoms with Gasteiger partial charge in [-0.05, 0) is 296 Å². The molecule has 6 fully saturated rings. The lowest BCUT2D eigenvalue weighted by atomic mass is 9.78. The summed E-state index contributed by atoms with van der Waals surface area (Å²) in [5, 5.41) is 1.22. The molecule has 12 aliphatic rings. The highest BCUT2D eigenvalue weighted by atomic mass is 35.5. The Morgan fingerprint density at radius 1 is 0.554 bits per heavy atom. The van der Waals surface area contributed by atoms with Crippen molar-refractivity contribution < 1.29 is 38.8 Å². The number of carbonyl (C=O) groups is 1. The first-order valence-electron chi connectivity index (χ1n) is 46.0. The number of amides is 1. The van der Waals surface area contributed by atoms with Crippen LogP contribution in [0.3, 0.4) is 0 Å². The monoisotopic (exact) mass is 1900 g/mol. The third-order valence-electron chi connectivity index (χ3n) is 26.6. The lowest BCUT2D eigenvalue weighted by Crippen LogP contribution is -3.00. The Kier molecular flexibility index (Phi) is 32.8. The maximum atomic E-state index is 13.3. The topological polar surface area (TPSA) is 122 Å². The zero-order valence-corrected chi connectivity index (χ0v) is 82.7. The number of benzene rings is 10. The maximum Gasteiger partial charge on any atom is 0.416 e. The lowest BCUT2D eigenvalue weighted by Gasteiger charge is -2.47. The van der Waals surface area contributed by atoms with E-state index < -0.39 is 32.1 Å². The molecular formula is C104H124ClF3N12O3S7. The van der Waals surface area contributed by atoms with Gasteiger partial charge in [-0.3, -0.25) is 13.2 Å². The van der Waals surface area contributed by atoms with Crippen molar-refractivity contribution in [3.63, 3.8) is 0 Å². The average molecular weight is 1910 g/mol. The van der Waals surface area contributed by atoms with Crippen molar-refractivity contribution in [3.8, 4) is 10.6 Å². The Balaban J connectivity index is 0.000000125. The van der Waals surface area contributed by atoms with Crippen molar-refractivity contribution in [2.75, 3.05) is 165 Å². The smallest absolute Gasteiger partial charge is 0.416 e. The van der Waals surface area contributed by atoms with E-state index in [-0.39, 0.29) is 24.2 Å². The standard InChI is InChI=1S/C23H28F3N3S.C23H29N3O2S2.C21H26N2OS2.C20H22N2S.C17H19N2S.ClH/c1-2-10-27-13-15-28(16-14-27)11-5-12-29-19-6-3-4-7-21(19)30-22-9-8-18(17-20(22)29)23(24,25)26;1-30(2,28)18-8-9-22-20(16-18)26(19-6-3-4-7-21(19)29-22)13-5-12-25-14-10-17(11-15-25)23(24)27;1-22-13-6-5-7-16(22)12-14-23-18-8-3-4-9-20(18)25-21-11-10-17(26(2)24)15-19(21)23;1-3-7-19-17(5-1)22(18-6-2-4-8-20(18)23-19)14-16-13-21-11-9-15(16)10-12-21;1-11(2)12-5-7-14-16(9-12)20-17-10-13(19(3)4)6-8-15(17)18-14;/h3-4,6-9,17H,2,5,10-16H2,1H3;3-4,6-9,16-17H,1,5,10-15H2,2H3,(H2,24,27);3-4,8-11,15-16H,5-7,12-14H2,1-2H3;1-8,15-16H,9-14H2;5-11H,1-4H3;1H/q;;;;+1;/p-1. The number of hydrogen-bond acceptors (Lipinski definition) is 18. The molecule has 0 spiro atoms. The van der Waals surface area contributed by atoms with Crippen molar-refractivity contribution >= 4 is 146 Å². The second-order valence-electron chi connectivity index (χ2n) is 36.1. The number of nitrogens with zero attached hydrogens (tertiary/aromatic N) is 11. The van der Waals surface area contributed by atoms with Gasteiger partial charge in [-0.15, -0.1) is 11.3 Å². The number of nitrogens with two attached hydrogens (primary N) is 1. The molecule has 6 saturated heterocycles. The lowest BCUT2D eigenvalue weighted by molar-refractivity contribution is -0.137. The van der Waals surface area contributed by atoms with Crippen molar-refractivity contribution in [2.45, 2.75) is 158 Å². The molecule has 9 aromatic rings. The highest BCUT2D eigenvalue weighted by Gasteiger charge is 2.39. The van der Waals surface area contributed by atoms with Gasteiger partial charge in [0.25, 0.3) is 0 Å². The third-order valence-corrected chi connectivity index (χ3v) is 34.4. The van der Waals surface area contributed by atoms with E-state index in [4.69, 9.17) is 10.7 Å². The fourth-order valence-corrected chi connectivity index (χ4v) is 25.9. The molecule has 0 aromatic heterocycles. The van der Waals surface area contributed by atoms with Gasteiger partial charge in [0.15, 0.2) is 0 Å². The Labute approximate surface area is 798 Å². The summed E-state index contributed by atoms with van der Waals surface area (Å²) in [5.41, 5.74) is 17.7. The van der Waals surface area contributed by atoms with Crippen LogP contribution in [0.4, 0.5) is 58.7 Å². The first-order valence-corrected chi connectivity index (χ1v) is 53.8. The van der Waals surface area contributed by atoms with Crippen LogP contribution in [0.1, 0.15) is 108 Å². The Morgan fingerprint density at radius 3 is 1.54 bits per heavy atom. The molecule has 26 heteroatoms. The van der Waals surface area contributed by atoms with E-state index in [1.165, 1.54) is 155 Å². The highest BCUT2D eigenvalue weighted by molar-refractivity contribution is 8.01. The van der Waals surface area contributed by atoms with Crippen molar-refractivity contribution in [1.29, 1.82) is 0 Å². The molecule has 130 heavy (non-hydrogen) atoms. The van der Waals surface area contributed by atoms with Gasteiger partial charge in [-0.25, -0.2) is 9.56 Å². The number of fused-ring (bicyclic) bond motifs is 13. The molecule has 0 saturated carbocycles. The van der Waals surface area contributed by atoms with Crippen LogP contribution in [0.25, 0.3) is 20.8 Å². The van der Waals surface area contributed by atoms with Gasteiger partial charge in [0.2, 0.25) is 11.3 Å². The normalized spacial score (nSPS) is 19.5. The molecule has 21 rings (SSSR count). The molecule has 2 N–H and O–H groups in total. The number of halogens is 4. The molecule has 9 aromatic carbocycles. The van der Waals surface area contributed by atoms with Gasteiger partial charge in [-0.1, -0.05) is 141 Å². The van der Waals surface area contributed by atoms with Crippen LogP contribution in [0.15, 0.2) is 261 Å². The number of likely N-dealkylation sites (tertiary alicyclic amines) is 2. The van der Waals surface area contributed by atoms with Gasteiger partial charge >= 0.3 is 6.18 Å². The molecule has 11 aliphatic heterocycles. The number of anilines is 8. The molecule has 4 unspecified atom stereocenters. The number of piperazine rings is 1. The molecule has 0 radical (unpaired) electrons. The van der Waals surface area contributed by atoms with Crippen molar-refractivity contribution in [3.05, 3.63) is 229 Å². The second-order valence-corrected chi connectivity index (χ2v) is 45.4. The number of primary amides is 1. The first-order chi connectivity index (χ1) is 62.3. The summed E-state index contributed by atoms with van der Waals surface area (Å²) in [6.07, 6.45) is 11.9. The van der Waals surface area contributed by atoms with E-state index >= 15 is 0 Å². The SMILES string of the molecule is C=S(C)(=O)c1ccc2c(c1)N(CCCN1CCC(C(N)=O)CC1)c1ccccc1S2.CC(C)c1ccc2nc3ccc(=[N+](C)C)cc-3sc2c1.CCCN1CCN(CCCN2c3ccccc3Sc3ccc(C(F)(F)F)cc32)CC1.CN1CCCCC1CCN1c2ccccc2Sc2ccc(S(C)=O)cc21.[Cl-].c1ccc2c(c1)Sc1ccccc1N2CC1CN2CCC1CC2. The van der Waals surface area contributed by atoms with Crippen LogP contribution in [0.5, 0.6) is 0 Å². The third kappa shape index (κ3) is 23.5. The van der Waals surface area contributed by atoms with E-state index in [1.807, 2.05) is 77.3 Å². The summed E-state index contributed by atoms with van der Waals surface area (Å²) < 4.78 is 67.9. The summed E-state index contributed by atoms with van der Waals surface area (Å²) in [5.74, 6) is 6.01. The summed E-state index contributed by atoms with van der Waals surface area (Å²) in [7, 11) is 3.17. The molecule has 15 nitrogen and oxygen atoms in total. The van der Waals surface area contributed by atoms with Crippen molar-refractivity contribution in [2.24, 2.45) is 23.5 Å². The van der Waals surface area contributed by atoms with Crippen LogP contribution >= 0.6 is 58.4 Å². The Morgan fingerprint density at radius 2 is 1.05 bits per heavy atom. The van der Waals surface area contributed by atoms with E-state index in [1.54, 1.807) is 42.1 Å². The van der Waals surface area contributed by atoms with Gasteiger partial charge in [0.05, 0.1) is 71.9 Å². The predicted molar refractivity (Wildman–Crippen MR) is 539 cm³/mol. The molecule has 1 aliphatic carbocycles. The predicted octanol–water partition coefficient (Wildman–Crippen LogP) is 19.4. The van der Waals surface area contributed by atoms with Gasteiger partial charge in [-0.2, -0.15) is 13.2 Å². The van der Waals surface area contributed by atoms with Crippen LogP contribution < -0.4 is 47.7 Å². The van der Waals surface area contributed by atoms with Crippen LogP contribution in [0, 0.1) is 17.8 Å². The number of para-hydroxylation sites is 5. The van der Waals surface area contributed by atoms with Gasteiger partial charge < -0.3 is 62.2 Å². The minimum atomic E-state index is -4.33. The second kappa shape index (κ2) is 44.1. The largest absolute Gasteiger partial charge is 1.00 e. The summed E-state index contributed by atoms with van der Waals surface area (Å²) >= 11 is 8.86. The fourth-order valence-electron chi connectivity index (χ4n) is 19.3.